The van der Waals surface area contributed by atoms with E-state index in [2.05, 4.69) is 13.8 Å². The fraction of sp³-hybridized carbons (Fsp3) is 0.805. The molecule has 296 valence electrons. The van der Waals surface area contributed by atoms with Crippen molar-refractivity contribution in [3.05, 3.63) is 24.3 Å². The number of phosphoric acid groups is 1. The van der Waals surface area contributed by atoms with E-state index in [4.69, 9.17) is 18.5 Å². The van der Waals surface area contributed by atoms with Crippen molar-refractivity contribution < 1.29 is 42.7 Å². The van der Waals surface area contributed by atoms with E-state index < -0.39 is 32.5 Å². The Morgan fingerprint density at radius 1 is 0.569 bits per heavy atom. The third kappa shape index (κ3) is 30.1. The molecule has 0 aromatic heterocycles. The van der Waals surface area contributed by atoms with E-state index in [1.165, 1.54) is 146 Å². The molecule has 0 amide bonds. The van der Waals surface area contributed by atoms with Crippen molar-refractivity contribution in [3.63, 3.8) is 0 Å². The van der Waals surface area contributed by atoms with Gasteiger partial charge in [-0.25, -0.2) is 4.57 Å². The van der Waals surface area contributed by atoms with Gasteiger partial charge in [0.1, 0.15) is 24.7 Å². The number of phosphoric ester groups is 1. The highest BCUT2D eigenvalue weighted by Gasteiger charge is 2.27. The van der Waals surface area contributed by atoms with E-state index in [0.29, 0.717) is 6.42 Å². The zero-order valence-corrected chi connectivity index (χ0v) is 33.2. The van der Waals surface area contributed by atoms with E-state index in [1.807, 2.05) is 0 Å². The smallest absolute Gasteiger partial charge is 0.508 e. The molecule has 1 aromatic carbocycles. The third-order valence-electron chi connectivity index (χ3n) is 9.18. The number of carbonyl (C=O) groups is 2. The van der Waals surface area contributed by atoms with Crippen molar-refractivity contribution >= 4 is 19.8 Å². The summed E-state index contributed by atoms with van der Waals surface area (Å²) in [4.78, 5) is 35.3. The number of benzene rings is 1. The Morgan fingerprint density at radius 2 is 0.941 bits per heavy atom. The predicted octanol–water partition coefficient (Wildman–Crippen LogP) is 12.3. The molecule has 10 heteroatoms. The molecule has 0 radical (unpaired) electrons. The minimum atomic E-state index is -4.58. The van der Waals surface area contributed by atoms with Crippen LogP contribution in [0.25, 0.3) is 0 Å². The molecule has 0 saturated carbocycles. The lowest BCUT2D eigenvalue weighted by molar-refractivity contribution is -0.161. The van der Waals surface area contributed by atoms with Gasteiger partial charge in [0.15, 0.2) is 6.10 Å². The highest BCUT2D eigenvalue weighted by atomic mass is 31.2. The lowest BCUT2D eigenvalue weighted by Crippen LogP contribution is -2.29. The van der Waals surface area contributed by atoms with Crippen LogP contribution in [0.15, 0.2) is 24.3 Å². The second-order valence-corrected chi connectivity index (χ2v) is 15.5. The van der Waals surface area contributed by atoms with Crippen LogP contribution in [0.4, 0.5) is 0 Å². The van der Waals surface area contributed by atoms with Gasteiger partial charge >= 0.3 is 19.8 Å². The molecule has 0 fully saturated rings. The first kappa shape index (κ1) is 46.9. The van der Waals surface area contributed by atoms with Gasteiger partial charge in [-0.1, -0.05) is 168 Å². The summed E-state index contributed by atoms with van der Waals surface area (Å²) >= 11 is 0. The SMILES string of the molecule is CCCCCCCCCCCCCCCC(=O)OC[C@H](COP(=O)(O)Oc1ccc(O)cc1)OC(=O)CCCCCCCCCCCCCCC. The Morgan fingerprint density at radius 3 is 1.35 bits per heavy atom. The average Bonchev–Trinajstić information content (AvgIpc) is 3.11. The summed E-state index contributed by atoms with van der Waals surface area (Å²) in [5.74, 6) is -0.861. The van der Waals surface area contributed by atoms with Crippen LogP contribution in [-0.2, 0) is 28.2 Å². The van der Waals surface area contributed by atoms with E-state index in [9.17, 15) is 24.2 Å². The molecule has 51 heavy (non-hydrogen) atoms. The molecular weight excluding hydrogens is 667 g/mol. The maximum atomic E-state index is 12.7. The van der Waals surface area contributed by atoms with Crippen LogP contribution in [0.5, 0.6) is 11.5 Å². The topological polar surface area (TPSA) is 129 Å². The molecule has 2 atom stereocenters. The number of hydrogen-bond acceptors (Lipinski definition) is 8. The van der Waals surface area contributed by atoms with Crippen LogP contribution in [0.3, 0.4) is 0 Å². The number of aromatic hydroxyl groups is 1. The zero-order chi connectivity index (χ0) is 37.3. The van der Waals surface area contributed by atoms with Gasteiger partial charge in [0.2, 0.25) is 0 Å². The number of phenols is 1. The number of unbranched alkanes of at least 4 members (excludes halogenated alkanes) is 24. The van der Waals surface area contributed by atoms with Crippen LogP contribution in [0.1, 0.15) is 194 Å². The summed E-state index contributed by atoms with van der Waals surface area (Å²) in [5, 5.41) is 9.44. The molecule has 2 N–H and O–H groups in total. The Kier molecular flexibility index (Phi) is 30.0. The van der Waals surface area contributed by atoms with Gasteiger partial charge in [-0.15, -0.1) is 0 Å². The lowest BCUT2D eigenvalue weighted by Gasteiger charge is -2.20. The third-order valence-corrected chi connectivity index (χ3v) is 10.1. The Bertz CT molecular complexity index is 1020. The minimum Gasteiger partial charge on any atom is -0.508 e. The number of carbonyl (C=O) groups excluding carboxylic acids is 2. The van der Waals surface area contributed by atoms with Gasteiger partial charge < -0.3 is 19.1 Å². The molecule has 0 aliphatic carbocycles. The largest absolute Gasteiger partial charge is 0.527 e. The second kappa shape index (κ2) is 32.6. The zero-order valence-electron chi connectivity index (χ0n) is 32.3. The normalized spacial score (nSPS) is 13.1. The number of ether oxygens (including phenoxy) is 2. The van der Waals surface area contributed by atoms with Crippen molar-refractivity contribution in [2.24, 2.45) is 0 Å². The minimum absolute atomic E-state index is 0.0212. The molecule has 1 aromatic rings. The molecule has 0 saturated heterocycles. The van der Waals surface area contributed by atoms with Gasteiger partial charge in [-0.2, -0.15) is 0 Å². The number of phenolic OH excluding ortho intramolecular Hbond substituents is 1. The van der Waals surface area contributed by atoms with E-state index in [1.54, 1.807) is 0 Å². The van der Waals surface area contributed by atoms with E-state index in [0.717, 1.165) is 38.5 Å². The number of esters is 2. The molecule has 1 unspecified atom stereocenters. The summed E-state index contributed by atoms with van der Waals surface area (Å²) in [5.41, 5.74) is 0. The molecule has 0 aliphatic rings. The lowest BCUT2D eigenvalue weighted by atomic mass is 10.0. The molecule has 9 nitrogen and oxygen atoms in total. The van der Waals surface area contributed by atoms with Crippen molar-refractivity contribution in [3.8, 4) is 11.5 Å². The number of rotatable bonds is 36. The fourth-order valence-corrected chi connectivity index (χ4v) is 6.83. The van der Waals surface area contributed by atoms with Gasteiger partial charge in [0.25, 0.3) is 0 Å². The maximum Gasteiger partial charge on any atom is 0.527 e. The van der Waals surface area contributed by atoms with E-state index >= 15 is 0 Å². The van der Waals surface area contributed by atoms with Gasteiger partial charge in [-0.05, 0) is 37.1 Å². The van der Waals surface area contributed by atoms with E-state index in [-0.39, 0.29) is 30.9 Å². The predicted molar refractivity (Wildman–Crippen MR) is 206 cm³/mol. The summed E-state index contributed by atoms with van der Waals surface area (Å²) in [6.45, 7) is 3.73. The summed E-state index contributed by atoms with van der Waals surface area (Å²) in [6, 6.07) is 5.28. The van der Waals surface area contributed by atoms with Crippen molar-refractivity contribution in [1.29, 1.82) is 0 Å². The van der Waals surface area contributed by atoms with Crippen LogP contribution in [0.2, 0.25) is 0 Å². The number of hydrogen-bond donors (Lipinski definition) is 2. The van der Waals surface area contributed by atoms with Crippen LogP contribution < -0.4 is 4.52 Å². The molecule has 0 aliphatic heterocycles. The van der Waals surface area contributed by atoms with Crippen LogP contribution >= 0.6 is 7.82 Å². The first-order chi connectivity index (χ1) is 24.8. The first-order valence-electron chi connectivity index (χ1n) is 20.6. The Labute approximate surface area is 310 Å². The highest BCUT2D eigenvalue weighted by molar-refractivity contribution is 7.47. The molecule has 0 spiro atoms. The standard InChI is InChI=1S/C41H73O9P/c1-3-5-7-9-11-13-15-17-19-21-23-25-27-29-40(43)47-35-39(36-48-51(45,46)50-38-33-31-37(42)32-34-38)49-41(44)30-28-26-24-22-20-18-16-14-12-10-8-6-4-2/h31-34,39,42H,3-30,35-36H2,1-2H3,(H,45,46)/t39-/m1/s1. The van der Waals surface area contributed by atoms with Crippen molar-refractivity contribution in [2.75, 3.05) is 13.2 Å². The Balaban J connectivity index is 2.34. The van der Waals surface area contributed by atoms with Gasteiger partial charge in [0.05, 0.1) is 0 Å². The molecule has 0 heterocycles. The summed E-state index contributed by atoms with van der Waals surface area (Å²) in [7, 11) is -4.58. The fourth-order valence-electron chi connectivity index (χ4n) is 6.04. The van der Waals surface area contributed by atoms with Crippen LogP contribution in [0, 0.1) is 0 Å². The molecule has 0 bridgehead atoms. The van der Waals surface area contributed by atoms with Crippen molar-refractivity contribution in [2.45, 2.75) is 200 Å². The second-order valence-electron chi connectivity index (χ2n) is 14.1. The summed E-state index contributed by atoms with van der Waals surface area (Å²) < 4.78 is 33.7. The first-order valence-corrected chi connectivity index (χ1v) is 22.1. The monoisotopic (exact) mass is 740 g/mol. The quantitative estimate of drug-likeness (QED) is 0.0392. The average molecular weight is 741 g/mol. The van der Waals surface area contributed by atoms with Gasteiger partial charge in [0, 0.05) is 12.8 Å². The van der Waals surface area contributed by atoms with Crippen molar-refractivity contribution in [1.82, 2.24) is 0 Å². The maximum absolute atomic E-state index is 12.7. The van der Waals surface area contributed by atoms with Gasteiger partial charge in [-0.3, -0.25) is 19.0 Å². The van der Waals surface area contributed by atoms with Crippen LogP contribution in [-0.4, -0.2) is 41.3 Å². The Hall–Kier alpha value is -2.09. The molecule has 1 rings (SSSR count). The molecular formula is C41H73O9P. The highest BCUT2D eigenvalue weighted by Crippen LogP contribution is 2.44. The summed E-state index contributed by atoms with van der Waals surface area (Å²) in [6.07, 6.45) is 30.8.